The lowest BCUT2D eigenvalue weighted by Crippen LogP contribution is -2.81. The van der Waals surface area contributed by atoms with Crippen LogP contribution in [0.15, 0.2) is 48.9 Å². The lowest BCUT2D eigenvalue weighted by molar-refractivity contribution is -0.686. The lowest BCUT2D eigenvalue weighted by Gasteiger charge is -2.44. The van der Waals surface area contributed by atoms with Crippen molar-refractivity contribution in [2.24, 2.45) is 0 Å². The largest absolute Gasteiger partial charge is 0.419 e. The maximum absolute atomic E-state index is 15.4. The molecule has 0 aliphatic carbocycles. The average Bonchev–Trinajstić information content (AvgIpc) is 3.29. The number of hydrogen-bond acceptors (Lipinski definition) is 4. The van der Waals surface area contributed by atoms with Gasteiger partial charge in [0.2, 0.25) is 12.3 Å². The molecule has 0 unspecified atom stereocenters. The molecule has 1 aromatic heterocycles. The number of aromatic nitrogens is 2. The smallest absolute Gasteiger partial charge is 0.408 e. The predicted octanol–water partition coefficient (Wildman–Crippen LogP) is 9.05. The number of alkyl halides is 3. The summed E-state index contributed by atoms with van der Waals surface area (Å²) in [4.78, 5) is 28.3. The number of ether oxygens (including phenoxy) is 1. The number of hydrogen-bond donors (Lipinski definition) is 0. The van der Waals surface area contributed by atoms with Gasteiger partial charge in [-0.25, -0.2) is 92.6 Å². The van der Waals surface area contributed by atoms with Crippen LogP contribution in [0.25, 0.3) is 0 Å². The molecule has 0 saturated heterocycles. The number of carbonyl (C=O) groups excluding carboxylic acids is 2. The summed E-state index contributed by atoms with van der Waals surface area (Å²) in [6.45, 7) is 0.0107. The summed E-state index contributed by atoms with van der Waals surface area (Å²) in [6.07, 6.45) is -2.82. The van der Waals surface area contributed by atoms with Gasteiger partial charge in [0.15, 0.2) is 76.0 Å². The summed E-state index contributed by atoms with van der Waals surface area (Å²) in [5.74, 6) is -72.2. The fourth-order valence-corrected chi connectivity index (χ4v) is 7.04. The molecule has 0 radical (unpaired) electrons. The molecule has 5 aromatic carbocycles. The van der Waals surface area contributed by atoms with E-state index in [1.807, 2.05) is 6.07 Å². The Bertz CT molecular complexity index is 2640. The first kappa shape index (κ1) is 52.4. The molecule has 0 atom stereocenters. The number of benzene rings is 5. The fourth-order valence-electron chi connectivity index (χ4n) is 6.60. The third kappa shape index (κ3) is 9.12. The first-order chi connectivity index (χ1) is 31.1. The monoisotopic (exact) mass is 1170 g/mol. The Morgan fingerprint density at radius 3 is 1.04 bits per heavy atom. The zero-order valence-electron chi connectivity index (χ0n) is 31.2. The summed E-state index contributed by atoms with van der Waals surface area (Å²) < 4.78 is 299. The lowest BCUT2D eigenvalue weighted by atomic mass is 9.12. The first-order valence-electron chi connectivity index (χ1n) is 17.0. The number of nitrogens with zero attached hydrogens (tertiary/aromatic N) is 2. The summed E-state index contributed by atoms with van der Waals surface area (Å²) in [7, 11) is 0. The SMILES string of the molecule is Fc1c(F)c(F)c([B-](c2c(F)c(F)c(F)c(F)c2F)(c2c(F)c(F)c(F)c(F)c2F)c2c(F)c(F)c(F)c(F)c2F)c(F)c1F.O=C(C[n+]1ccncc1C(=O)OC(Br)(Br)Br)c1ccccc1. The van der Waals surface area contributed by atoms with Gasteiger partial charge in [-0.2, -0.15) is 4.57 Å². The molecule has 0 N–H and O–H groups in total. The molecule has 0 bridgehead atoms. The van der Waals surface area contributed by atoms with E-state index in [0.717, 1.165) is 0 Å². The van der Waals surface area contributed by atoms with Crippen molar-refractivity contribution < 1.29 is 107 Å². The van der Waals surface area contributed by atoms with E-state index in [2.05, 4.69) is 52.8 Å². The van der Waals surface area contributed by atoms with Crippen LogP contribution in [0.4, 0.5) is 87.8 Å². The second-order valence-electron chi connectivity index (χ2n) is 13.0. The normalized spacial score (nSPS) is 11.7. The van der Waals surface area contributed by atoms with Crippen molar-refractivity contribution in [3.8, 4) is 0 Å². The molecule has 0 saturated carbocycles. The highest BCUT2D eigenvalue weighted by molar-refractivity contribution is 9.39. The van der Waals surface area contributed by atoms with Crippen molar-refractivity contribution >= 4 is 87.5 Å². The highest BCUT2D eigenvalue weighted by Gasteiger charge is 2.52. The molecule has 5 nitrogen and oxygen atoms in total. The number of ketones is 1. The van der Waals surface area contributed by atoms with E-state index in [1.165, 1.54) is 17.0 Å². The fraction of sp³-hybridized carbons (Fsp3) is 0.0526. The molecule has 0 aliphatic rings. The van der Waals surface area contributed by atoms with Crippen LogP contribution in [0.2, 0.25) is 0 Å². The zero-order valence-corrected chi connectivity index (χ0v) is 36.0. The molecule has 6 rings (SSSR count). The Morgan fingerprint density at radius 1 is 0.478 bits per heavy atom. The molecule has 67 heavy (non-hydrogen) atoms. The highest BCUT2D eigenvalue weighted by Crippen LogP contribution is 2.35. The van der Waals surface area contributed by atoms with Gasteiger partial charge < -0.3 is 4.74 Å². The van der Waals surface area contributed by atoms with E-state index in [4.69, 9.17) is 4.74 Å². The van der Waals surface area contributed by atoms with Gasteiger partial charge >= 0.3 is 11.7 Å². The van der Waals surface area contributed by atoms with Crippen molar-refractivity contribution in [2.45, 2.75) is 8.87 Å². The molecule has 0 aliphatic heterocycles. The van der Waals surface area contributed by atoms with Gasteiger partial charge in [0, 0.05) is 5.56 Å². The summed E-state index contributed by atoms with van der Waals surface area (Å²) >= 11 is 9.25. The minimum Gasteiger partial charge on any atom is -0.419 e. The van der Waals surface area contributed by atoms with Crippen LogP contribution in [0.5, 0.6) is 0 Å². The Balaban J connectivity index is 0.000000319. The van der Waals surface area contributed by atoms with Crippen molar-refractivity contribution in [3.05, 3.63) is 177 Å². The Kier molecular flexibility index (Phi) is 15.3. The van der Waals surface area contributed by atoms with Crippen LogP contribution in [0.1, 0.15) is 20.8 Å². The number of halogens is 23. The maximum Gasteiger partial charge on any atom is 0.408 e. The molecule has 0 amide bonds. The standard InChI is InChI=1S/C24BF20.C14H10Br3N2O3/c26-5-1(6(27)14(35)21(42)13(5)34)25(2-7(28)15(36)22(43)16(37)8(2)29,3-9(30)17(38)23(44)18(39)10(3)31)4-11(32)19(40)24(45)20(41)12(4)33;15-14(16,17)22-13(21)11-8-18-6-7-19(11)9-12(20)10-4-2-1-3-5-10/h;1-8H,9H2/q-1;+1. The highest BCUT2D eigenvalue weighted by atomic mass is 80.0. The van der Waals surface area contributed by atoms with E-state index in [0.29, 0.717) is 5.56 Å². The summed E-state index contributed by atoms with van der Waals surface area (Å²) in [6, 6.07) is 8.86. The van der Waals surface area contributed by atoms with E-state index in [-0.39, 0.29) is 18.0 Å². The molecule has 0 fully saturated rings. The average molecular weight is 1170 g/mol. The van der Waals surface area contributed by atoms with Gasteiger partial charge in [0.25, 0.3) is 2.33 Å². The molecular formula is C38H10BBr3F20N2O3. The predicted molar refractivity (Wildman–Crippen MR) is 199 cm³/mol. The zero-order chi connectivity index (χ0) is 50.5. The van der Waals surface area contributed by atoms with Crippen LogP contribution in [-0.4, -0.2) is 25.2 Å². The van der Waals surface area contributed by atoms with Crippen LogP contribution in [-0.2, 0) is 11.3 Å². The van der Waals surface area contributed by atoms with Crippen LogP contribution in [0.3, 0.4) is 0 Å². The van der Waals surface area contributed by atoms with Gasteiger partial charge in [0.05, 0.1) is 6.20 Å². The number of carbonyl (C=O) groups is 2. The second-order valence-corrected chi connectivity index (χ2v) is 19.6. The molecular weight excluding hydrogens is 1160 g/mol. The summed E-state index contributed by atoms with van der Waals surface area (Å²) in [5.41, 5.74) is -13.6. The molecule has 354 valence electrons. The van der Waals surface area contributed by atoms with Crippen molar-refractivity contribution in [1.82, 2.24) is 4.98 Å². The van der Waals surface area contributed by atoms with Crippen LogP contribution >= 0.6 is 47.8 Å². The van der Waals surface area contributed by atoms with E-state index in [9.17, 15) is 62.3 Å². The number of rotatable bonds is 8. The van der Waals surface area contributed by atoms with Gasteiger partial charge in [-0.05, 0) is 47.8 Å². The van der Waals surface area contributed by atoms with Crippen molar-refractivity contribution in [1.29, 1.82) is 0 Å². The minimum atomic E-state index is -7.22. The maximum atomic E-state index is 15.4. The molecule has 0 spiro atoms. The first-order valence-corrected chi connectivity index (χ1v) is 19.4. The summed E-state index contributed by atoms with van der Waals surface area (Å²) in [5, 5.41) is 0. The Morgan fingerprint density at radius 2 is 0.761 bits per heavy atom. The second kappa shape index (κ2) is 19.6. The molecule has 6 aromatic rings. The van der Waals surface area contributed by atoms with Gasteiger partial charge in [-0.1, -0.05) is 30.3 Å². The van der Waals surface area contributed by atoms with E-state index < -0.39 is 153 Å². The topological polar surface area (TPSA) is 60.1 Å². The van der Waals surface area contributed by atoms with E-state index >= 15 is 35.1 Å². The number of esters is 1. The number of Topliss-reactive ketones (excluding diaryl/α,β-unsaturated/α-hetero) is 1. The van der Waals surface area contributed by atoms with Crippen molar-refractivity contribution in [2.75, 3.05) is 0 Å². The van der Waals surface area contributed by atoms with Crippen LogP contribution < -0.4 is 26.4 Å². The third-order valence-electron chi connectivity index (χ3n) is 9.37. The Hall–Kier alpha value is -5.58. The third-order valence-corrected chi connectivity index (χ3v) is 9.86. The van der Waals surface area contributed by atoms with Gasteiger partial charge in [0.1, 0.15) is 58.9 Å². The molecule has 1 heterocycles. The van der Waals surface area contributed by atoms with E-state index in [1.54, 1.807) is 30.5 Å². The Labute approximate surface area is 383 Å². The van der Waals surface area contributed by atoms with Gasteiger partial charge in [-0.15, -0.1) is 21.9 Å². The van der Waals surface area contributed by atoms with Crippen molar-refractivity contribution in [3.63, 3.8) is 0 Å². The van der Waals surface area contributed by atoms with Gasteiger partial charge in [-0.3, -0.25) is 9.78 Å². The van der Waals surface area contributed by atoms with Crippen LogP contribution in [0, 0.1) is 116 Å². The molecule has 29 heteroatoms. The minimum absolute atomic E-state index is 0.0107. The quantitative estimate of drug-likeness (QED) is 0.0223.